The van der Waals surface area contributed by atoms with E-state index in [2.05, 4.69) is 24.3 Å². The summed E-state index contributed by atoms with van der Waals surface area (Å²) in [4.78, 5) is 26.9. The average Bonchev–Trinajstić information content (AvgIpc) is 3.13. The van der Waals surface area contributed by atoms with Gasteiger partial charge in [-0.1, -0.05) is 83.9 Å². The number of halogens is 2. The van der Waals surface area contributed by atoms with Crippen LogP contribution >= 0.6 is 35.0 Å². The number of fused-ring (bicyclic) bond motifs is 1. The molecule has 0 unspecified atom stereocenters. The first kappa shape index (κ1) is 23.5. The lowest BCUT2D eigenvalue weighted by atomic mass is 10.1. The summed E-state index contributed by atoms with van der Waals surface area (Å²) >= 11 is 13.3. The Morgan fingerprint density at radius 1 is 0.829 bits per heavy atom. The van der Waals surface area contributed by atoms with Gasteiger partial charge in [0.25, 0.3) is 11.1 Å². The van der Waals surface area contributed by atoms with Crippen molar-refractivity contribution in [2.75, 3.05) is 0 Å². The zero-order valence-electron chi connectivity index (χ0n) is 18.4. The highest BCUT2D eigenvalue weighted by Gasteiger charge is 2.35. The molecule has 4 nitrogen and oxygen atoms in total. The summed E-state index contributed by atoms with van der Waals surface area (Å²) < 4.78 is 5.99. The predicted molar refractivity (Wildman–Crippen MR) is 143 cm³/mol. The highest BCUT2D eigenvalue weighted by Crippen LogP contribution is 2.35. The van der Waals surface area contributed by atoms with Crippen LogP contribution in [0.5, 0.6) is 5.75 Å². The highest BCUT2D eigenvalue weighted by molar-refractivity contribution is 8.18. The lowest BCUT2D eigenvalue weighted by Gasteiger charge is -2.14. The van der Waals surface area contributed by atoms with Crippen LogP contribution in [0.3, 0.4) is 0 Å². The third-order valence-corrected chi connectivity index (χ3v) is 7.32. The highest BCUT2D eigenvalue weighted by atomic mass is 35.5. The molecule has 0 saturated carbocycles. The first-order valence-corrected chi connectivity index (χ1v) is 12.4. The number of rotatable bonds is 6. The van der Waals surface area contributed by atoms with Crippen LogP contribution in [0.4, 0.5) is 4.79 Å². The smallest absolute Gasteiger partial charge is 0.293 e. The first-order valence-electron chi connectivity index (χ1n) is 10.9. The van der Waals surface area contributed by atoms with Crippen LogP contribution in [0, 0.1) is 0 Å². The summed E-state index contributed by atoms with van der Waals surface area (Å²) in [5, 5.41) is 2.82. The zero-order valence-corrected chi connectivity index (χ0v) is 20.7. The first-order chi connectivity index (χ1) is 17.0. The van der Waals surface area contributed by atoms with Crippen LogP contribution in [-0.4, -0.2) is 16.0 Å². The normalized spacial score (nSPS) is 14.8. The number of hydrogen-bond donors (Lipinski definition) is 0. The van der Waals surface area contributed by atoms with E-state index in [9.17, 15) is 9.59 Å². The van der Waals surface area contributed by atoms with Gasteiger partial charge in [-0.15, -0.1) is 0 Å². The van der Waals surface area contributed by atoms with Crippen molar-refractivity contribution >= 4 is 63.0 Å². The van der Waals surface area contributed by atoms with Crippen LogP contribution in [0.2, 0.25) is 10.0 Å². The van der Waals surface area contributed by atoms with Gasteiger partial charge in [-0.2, -0.15) is 0 Å². The van der Waals surface area contributed by atoms with Gasteiger partial charge in [0.15, 0.2) is 0 Å². The Kier molecular flexibility index (Phi) is 6.82. The molecule has 0 N–H and O–H groups in total. The molecule has 35 heavy (non-hydrogen) atoms. The number of ether oxygens (including phenoxy) is 1. The summed E-state index contributed by atoms with van der Waals surface area (Å²) in [5.74, 6) is 0.351. The number of nitrogens with zero attached hydrogens (tertiary/aromatic N) is 1. The molecular weight excluding hydrogens is 501 g/mol. The number of benzene rings is 4. The minimum Gasteiger partial charge on any atom is -0.489 e. The molecule has 1 saturated heterocycles. The van der Waals surface area contributed by atoms with Gasteiger partial charge in [0.2, 0.25) is 0 Å². The second-order valence-corrected chi connectivity index (χ2v) is 9.77. The topological polar surface area (TPSA) is 46.6 Å². The predicted octanol–water partition coefficient (Wildman–Crippen LogP) is 7.96. The molecule has 174 valence electrons. The van der Waals surface area contributed by atoms with Gasteiger partial charge < -0.3 is 4.74 Å². The summed E-state index contributed by atoms with van der Waals surface area (Å²) in [6.07, 6.45) is 1.70. The van der Waals surface area contributed by atoms with Crippen LogP contribution in [-0.2, 0) is 17.9 Å². The molecule has 7 heteroatoms. The molecule has 1 aliphatic rings. The molecule has 1 heterocycles. The van der Waals surface area contributed by atoms with Crippen LogP contribution < -0.4 is 4.74 Å². The molecule has 2 amide bonds. The van der Waals surface area contributed by atoms with Crippen LogP contribution in [0.1, 0.15) is 16.7 Å². The largest absolute Gasteiger partial charge is 0.489 e. The maximum absolute atomic E-state index is 12.9. The number of hydrogen-bond acceptors (Lipinski definition) is 4. The summed E-state index contributed by atoms with van der Waals surface area (Å²) in [7, 11) is 0. The molecule has 1 aliphatic heterocycles. The molecule has 4 aromatic carbocycles. The van der Waals surface area contributed by atoms with E-state index in [1.165, 1.54) is 10.8 Å². The van der Waals surface area contributed by atoms with E-state index in [-0.39, 0.29) is 17.7 Å². The van der Waals surface area contributed by atoms with Crippen molar-refractivity contribution in [3.8, 4) is 5.75 Å². The van der Waals surface area contributed by atoms with E-state index in [0.29, 0.717) is 27.1 Å². The fourth-order valence-corrected chi connectivity index (χ4v) is 5.22. The Bertz CT molecular complexity index is 1440. The van der Waals surface area contributed by atoms with E-state index in [1.807, 2.05) is 42.5 Å². The average molecular weight is 520 g/mol. The van der Waals surface area contributed by atoms with Gasteiger partial charge in [0.05, 0.1) is 11.4 Å². The van der Waals surface area contributed by atoms with Crippen molar-refractivity contribution < 1.29 is 14.3 Å². The SMILES string of the molecule is O=C1SC(=Cc2ccc(OCc3cccc4ccccc34)cc2)C(=O)N1Cc1c(Cl)cccc1Cl. The maximum Gasteiger partial charge on any atom is 0.293 e. The Balaban J connectivity index is 1.27. The van der Waals surface area contributed by atoms with Crippen LogP contribution in [0.25, 0.3) is 16.8 Å². The Labute approximate surface area is 217 Å². The van der Waals surface area contributed by atoms with Crippen molar-refractivity contribution in [2.45, 2.75) is 13.2 Å². The lowest BCUT2D eigenvalue weighted by molar-refractivity contribution is -0.123. The minimum atomic E-state index is -0.368. The second-order valence-electron chi connectivity index (χ2n) is 7.96. The van der Waals surface area contributed by atoms with E-state index in [1.54, 1.807) is 24.3 Å². The standard InChI is InChI=1S/C28H19Cl2NO3S/c29-24-9-4-10-25(30)23(24)16-31-27(32)26(35-28(31)33)15-18-11-13-21(14-12-18)34-17-20-7-3-6-19-5-1-2-8-22(19)20/h1-15H,16-17H2. The molecule has 0 atom stereocenters. The quantitative estimate of drug-likeness (QED) is 0.242. The fourth-order valence-electron chi connectivity index (χ4n) is 3.87. The molecule has 0 radical (unpaired) electrons. The van der Waals surface area contributed by atoms with Crippen LogP contribution in [0.15, 0.2) is 89.8 Å². The number of imide groups is 1. The van der Waals surface area contributed by atoms with E-state index < -0.39 is 0 Å². The summed E-state index contributed by atoms with van der Waals surface area (Å²) in [6, 6.07) is 26.9. The lowest BCUT2D eigenvalue weighted by Crippen LogP contribution is -2.27. The number of carbonyl (C=O) groups is 2. The van der Waals surface area contributed by atoms with Crippen molar-refractivity contribution in [1.29, 1.82) is 0 Å². The Morgan fingerprint density at radius 2 is 1.51 bits per heavy atom. The third-order valence-electron chi connectivity index (χ3n) is 5.70. The molecule has 5 rings (SSSR count). The molecular formula is C28H19Cl2NO3S. The number of thioether (sulfide) groups is 1. The number of carbonyl (C=O) groups excluding carboxylic acids is 2. The van der Waals surface area contributed by atoms with Gasteiger partial charge in [0, 0.05) is 15.6 Å². The summed E-state index contributed by atoms with van der Waals surface area (Å²) in [6.45, 7) is 0.478. The van der Waals surface area contributed by atoms with Gasteiger partial charge in [-0.25, -0.2) is 0 Å². The molecule has 1 fully saturated rings. The van der Waals surface area contributed by atoms with E-state index in [0.717, 1.165) is 33.5 Å². The fraction of sp³-hybridized carbons (Fsp3) is 0.0714. The Morgan fingerprint density at radius 3 is 2.29 bits per heavy atom. The van der Waals surface area contributed by atoms with Crippen molar-refractivity contribution in [3.63, 3.8) is 0 Å². The van der Waals surface area contributed by atoms with Gasteiger partial charge in [-0.05, 0) is 64.0 Å². The Hall–Kier alpha value is -3.25. The molecule has 4 aromatic rings. The van der Waals surface area contributed by atoms with Crippen molar-refractivity contribution in [3.05, 3.63) is 117 Å². The van der Waals surface area contributed by atoms with E-state index >= 15 is 0 Å². The zero-order chi connectivity index (χ0) is 24.4. The molecule has 0 aromatic heterocycles. The van der Waals surface area contributed by atoms with Gasteiger partial charge in [-0.3, -0.25) is 14.5 Å². The monoisotopic (exact) mass is 519 g/mol. The second kappa shape index (κ2) is 10.2. The molecule has 0 bridgehead atoms. The van der Waals surface area contributed by atoms with Gasteiger partial charge >= 0.3 is 0 Å². The number of amides is 2. The maximum atomic E-state index is 12.9. The summed E-state index contributed by atoms with van der Waals surface area (Å²) in [5.41, 5.74) is 2.45. The third kappa shape index (κ3) is 5.08. The van der Waals surface area contributed by atoms with Gasteiger partial charge in [0.1, 0.15) is 12.4 Å². The molecule has 0 spiro atoms. The minimum absolute atomic E-state index is 0.0292. The van der Waals surface area contributed by atoms with E-state index in [4.69, 9.17) is 27.9 Å². The molecule has 0 aliphatic carbocycles. The van der Waals surface area contributed by atoms with Crippen molar-refractivity contribution in [1.82, 2.24) is 4.90 Å². The van der Waals surface area contributed by atoms with Crippen molar-refractivity contribution in [2.24, 2.45) is 0 Å².